The molecule has 0 aliphatic carbocycles. The van der Waals surface area contributed by atoms with Crippen LogP contribution in [0.4, 0.5) is 0 Å². The third-order valence-corrected chi connectivity index (χ3v) is 5.18. The zero-order chi connectivity index (χ0) is 19.5. The monoisotopic (exact) mass is 400 g/mol. The number of halogens is 1. The van der Waals surface area contributed by atoms with Crippen LogP contribution in [0, 0.1) is 6.92 Å². The number of carbonyl (C=O) groups is 1. The Hall–Kier alpha value is -2.55. The zero-order valence-corrected chi connectivity index (χ0v) is 16.3. The molecule has 0 saturated carbocycles. The van der Waals surface area contributed by atoms with Crippen molar-refractivity contribution in [2.24, 2.45) is 0 Å². The molecular weight excluding hydrogens is 380 g/mol. The number of ether oxygens (including phenoxy) is 1. The molecule has 28 heavy (non-hydrogen) atoms. The molecule has 1 saturated heterocycles. The third kappa shape index (κ3) is 3.84. The van der Waals surface area contributed by atoms with Crippen LogP contribution in [-0.2, 0) is 4.74 Å². The Morgan fingerprint density at radius 3 is 2.82 bits per heavy atom. The van der Waals surface area contributed by atoms with Crippen molar-refractivity contribution in [1.82, 2.24) is 29.8 Å². The largest absolute Gasteiger partial charge is 0.379 e. The Morgan fingerprint density at radius 2 is 2.07 bits per heavy atom. The van der Waals surface area contributed by atoms with Crippen LogP contribution in [0.1, 0.15) is 27.9 Å². The molecule has 1 fully saturated rings. The summed E-state index contributed by atoms with van der Waals surface area (Å²) >= 11 is 6.43. The number of nitrogens with one attached hydrogen (secondary N) is 1. The second kappa shape index (κ2) is 8.22. The van der Waals surface area contributed by atoms with Crippen LogP contribution in [0.15, 0.2) is 36.5 Å². The van der Waals surface area contributed by atoms with E-state index in [-0.39, 0.29) is 17.8 Å². The molecule has 3 heterocycles. The van der Waals surface area contributed by atoms with Crippen LogP contribution in [0.5, 0.6) is 0 Å². The Kier molecular flexibility index (Phi) is 5.52. The van der Waals surface area contributed by atoms with E-state index in [1.54, 1.807) is 10.7 Å². The van der Waals surface area contributed by atoms with Crippen LogP contribution >= 0.6 is 11.6 Å². The smallest absolute Gasteiger partial charge is 0.291 e. The molecule has 146 valence electrons. The van der Waals surface area contributed by atoms with Crippen LogP contribution in [-0.4, -0.2) is 63.2 Å². The summed E-state index contributed by atoms with van der Waals surface area (Å²) in [6, 6.07) is 9.47. The molecule has 1 atom stereocenters. The summed E-state index contributed by atoms with van der Waals surface area (Å²) in [4.78, 5) is 23.3. The van der Waals surface area contributed by atoms with Gasteiger partial charge in [0.25, 0.3) is 11.7 Å². The number of nitrogens with zero attached hydrogens (tertiary/aromatic N) is 5. The molecular formula is C19H21ClN6O2. The van der Waals surface area contributed by atoms with Gasteiger partial charge in [0.15, 0.2) is 0 Å². The summed E-state index contributed by atoms with van der Waals surface area (Å²) in [6.45, 7) is 5.16. The minimum atomic E-state index is -0.338. The number of hydrogen-bond acceptors (Lipinski definition) is 6. The maximum Gasteiger partial charge on any atom is 0.291 e. The first-order valence-corrected chi connectivity index (χ1v) is 9.54. The van der Waals surface area contributed by atoms with Crippen molar-refractivity contribution in [3.8, 4) is 0 Å². The number of fused-ring (bicyclic) bond motifs is 1. The van der Waals surface area contributed by atoms with E-state index in [9.17, 15) is 4.79 Å². The molecule has 9 heteroatoms. The van der Waals surface area contributed by atoms with Gasteiger partial charge in [0.2, 0.25) is 5.82 Å². The lowest BCUT2D eigenvalue weighted by Gasteiger charge is -2.35. The van der Waals surface area contributed by atoms with Crippen LogP contribution in [0.25, 0.3) is 5.78 Å². The average molecular weight is 401 g/mol. The first kappa shape index (κ1) is 18.8. The quantitative estimate of drug-likeness (QED) is 0.704. The Labute approximate surface area is 167 Å². The van der Waals surface area contributed by atoms with Gasteiger partial charge in [-0.25, -0.2) is 9.50 Å². The number of amides is 1. The summed E-state index contributed by atoms with van der Waals surface area (Å²) < 4.78 is 7.02. The molecule has 1 N–H and O–H groups in total. The van der Waals surface area contributed by atoms with Gasteiger partial charge >= 0.3 is 0 Å². The zero-order valence-electron chi connectivity index (χ0n) is 15.5. The molecule has 1 unspecified atom stereocenters. The number of hydrogen-bond donors (Lipinski definition) is 1. The molecule has 0 bridgehead atoms. The Morgan fingerprint density at radius 1 is 1.29 bits per heavy atom. The fraction of sp³-hybridized carbons (Fsp3) is 0.368. The van der Waals surface area contributed by atoms with Gasteiger partial charge in [0.05, 0.1) is 19.3 Å². The van der Waals surface area contributed by atoms with E-state index in [0.29, 0.717) is 30.6 Å². The van der Waals surface area contributed by atoms with Gasteiger partial charge in [-0.2, -0.15) is 4.98 Å². The number of rotatable bonds is 5. The fourth-order valence-electron chi connectivity index (χ4n) is 3.34. The molecule has 0 radical (unpaired) electrons. The van der Waals surface area contributed by atoms with Crippen molar-refractivity contribution in [2.45, 2.75) is 13.0 Å². The molecule has 1 aliphatic rings. The van der Waals surface area contributed by atoms with Gasteiger partial charge in [-0.15, -0.1) is 5.10 Å². The number of aromatic nitrogens is 4. The summed E-state index contributed by atoms with van der Waals surface area (Å²) in [5.41, 5.74) is 1.84. The highest BCUT2D eigenvalue weighted by atomic mass is 35.5. The van der Waals surface area contributed by atoms with Crippen molar-refractivity contribution in [2.75, 3.05) is 32.8 Å². The summed E-state index contributed by atoms with van der Waals surface area (Å²) in [6.07, 6.45) is 1.65. The first-order valence-electron chi connectivity index (χ1n) is 9.16. The minimum absolute atomic E-state index is 0.0570. The number of benzene rings is 1. The topological polar surface area (TPSA) is 84.7 Å². The maximum absolute atomic E-state index is 12.7. The molecule has 1 aliphatic heterocycles. The molecule has 1 amide bonds. The van der Waals surface area contributed by atoms with Crippen molar-refractivity contribution in [1.29, 1.82) is 0 Å². The number of aryl methyl sites for hydroxylation is 1. The molecule has 0 spiro atoms. The van der Waals surface area contributed by atoms with Gasteiger partial charge in [-0.3, -0.25) is 9.69 Å². The maximum atomic E-state index is 12.7. The van der Waals surface area contributed by atoms with Crippen molar-refractivity contribution >= 4 is 23.3 Å². The van der Waals surface area contributed by atoms with E-state index in [4.69, 9.17) is 16.3 Å². The SMILES string of the molecule is Cc1ccnc2nc(C(=O)NCC(c3ccccc3Cl)N3CCOCC3)nn12. The van der Waals surface area contributed by atoms with E-state index in [2.05, 4.69) is 25.3 Å². The summed E-state index contributed by atoms with van der Waals surface area (Å²) in [5, 5.41) is 7.90. The highest BCUT2D eigenvalue weighted by Gasteiger charge is 2.25. The minimum Gasteiger partial charge on any atom is -0.379 e. The normalized spacial score (nSPS) is 16.2. The number of carbonyl (C=O) groups excluding carboxylic acids is 1. The van der Waals surface area contributed by atoms with Crippen LogP contribution in [0.3, 0.4) is 0 Å². The lowest BCUT2D eigenvalue weighted by Crippen LogP contribution is -2.44. The van der Waals surface area contributed by atoms with E-state index in [0.717, 1.165) is 24.3 Å². The van der Waals surface area contributed by atoms with Crippen molar-refractivity contribution in [3.05, 3.63) is 58.6 Å². The Bertz CT molecular complexity index is 985. The molecule has 2 aromatic heterocycles. The molecule has 1 aromatic carbocycles. The first-order chi connectivity index (χ1) is 13.6. The van der Waals surface area contributed by atoms with Gasteiger partial charge in [0.1, 0.15) is 0 Å². The third-order valence-electron chi connectivity index (χ3n) is 4.84. The highest BCUT2D eigenvalue weighted by Crippen LogP contribution is 2.27. The average Bonchev–Trinajstić information content (AvgIpc) is 3.16. The second-order valence-corrected chi connectivity index (χ2v) is 7.04. The second-order valence-electron chi connectivity index (χ2n) is 6.63. The van der Waals surface area contributed by atoms with E-state index in [1.807, 2.05) is 37.3 Å². The molecule has 3 aromatic rings. The van der Waals surface area contributed by atoms with Crippen LogP contribution in [0.2, 0.25) is 5.02 Å². The van der Waals surface area contributed by atoms with Gasteiger partial charge < -0.3 is 10.1 Å². The van der Waals surface area contributed by atoms with Gasteiger partial charge in [-0.1, -0.05) is 29.8 Å². The van der Waals surface area contributed by atoms with E-state index >= 15 is 0 Å². The summed E-state index contributed by atoms with van der Waals surface area (Å²) in [7, 11) is 0. The standard InChI is InChI=1S/C19H21ClN6O2/c1-13-6-7-21-19-23-17(24-26(13)19)18(27)22-12-16(25-8-10-28-11-9-25)14-4-2-3-5-15(14)20/h2-7,16H,8-12H2,1H3,(H,22,27). The van der Waals surface area contributed by atoms with Crippen molar-refractivity contribution < 1.29 is 9.53 Å². The lowest BCUT2D eigenvalue weighted by atomic mass is 10.0. The number of morpholine rings is 1. The molecule has 8 nitrogen and oxygen atoms in total. The Balaban J connectivity index is 1.53. The van der Waals surface area contributed by atoms with Gasteiger partial charge in [-0.05, 0) is 24.6 Å². The van der Waals surface area contributed by atoms with Gasteiger partial charge in [0, 0.05) is 36.5 Å². The van der Waals surface area contributed by atoms with Crippen LogP contribution < -0.4 is 5.32 Å². The van der Waals surface area contributed by atoms with E-state index < -0.39 is 0 Å². The molecule has 4 rings (SSSR count). The lowest BCUT2D eigenvalue weighted by molar-refractivity contribution is 0.0162. The highest BCUT2D eigenvalue weighted by molar-refractivity contribution is 6.31. The van der Waals surface area contributed by atoms with E-state index in [1.165, 1.54) is 0 Å². The fourth-order valence-corrected chi connectivity index (χ4v) is 3.60. The predicted molar refractivity (Wildman–Crippen MR) is 104 cm³/mol. The van der Waals surface area contributed by atoms with Crippen molar-refractivity contribution in [3.63, 3.8) is 0 Å². The summed E-state index contributed by atoms with van der Waals surface area (Å²) in [5.74, 6) is 0.165. The predicted octanol–water partition coefficient (Wildman–Crippen LogP) is 1.89.